The molecule has 4 nitrogen and oxygen atoms in total. The third-order valence-corrected chi connectivity index (χ3v) is 4.28. The number of carboxylic acid groups (broad SMARTS) is 2. The summed E-state index contributed by atoms with van der Waals surface area (Å²) in [5.74, 6) is -2.33. The summed E-state index contributed by atoms with van der Waals surface area (Å²) in [4.78, 5) is 20.6. The van der Waals surface area contributed by atoms with Crippen molar-refractivity contribution in [3.8, 4) is 0 Å². The van der Waals surface area contributed by atoms with Crippen molar-refractivity contribution in [2.75, 3.05) is 11.5 Å². The molecule has 0 unspecified atom stereocenters. The highest BCUT2D eigenvalue weighted by Gasteiger charge is 2.06. The monoisotopic (exact) mass is 236 g/mol. The second-order valence-electron chi connectivity index (χ2n) is 3.01. The molecule has 0 heterocycles. The number of carbonyl (C=O) groups is 2. The van der Waals surface area contributed by atoms with Crippen molar-refractivity contribution in [1.29, 1.82) is 0 Å². The molecule has 0 saturated heterocycles. The lowest BCUT2D eigenvalue weighted by atomic mass is 10.2. The van der Waals surface area contributed by atoms with Crippen LogP contribution in [0, 0.1) is 11.8 Å². The number of rotatable bonds is 7. The van der Waals surface area contributed by atoms with E-state index in [2.05, 4.69) is 0 Å². The van der Waals surface area contributed by atoms with Crippen molar-refractivity contribution < 1.29 is 19.8 Å². The van der Waals surface area contributed by atoms with Crippen LogP contribution < -0.4 is 10.2 Å². The van der Waals surface area contributed by atoms with Gasteiger partial charge in [-0.05, 0) is 0 Å². The largest absolute Gasteiger partial charge is 0.550 e. The quantitative estimate of drug-likeness (QED) is 0.423. The summed E-state index contributed by atoms with van der Waals surface area (Å²) in [5.41, 5.74) is 0. The second kappa shape index (κ2) is 7.00. The predicted molar refractivity (Wildman–Crippen MR) is 53.3 cm³/mol. The standard InChI is InChI=1S/C8H14O4S2/c1-5(7(9)10)3-13-14-4-6(2)8(11)12/h5-6H,3-4H2,1-2H3,(H,9,10)(H,11,12)/p-2/t5-,6-/m1/s1. The number of aliphatic carboxylic acids is 2. The van der Waals surface area contributed by atoms with E-state index in [1.165, 1.54) is 21.6 Å². The molecule has 6 heteroatoms. The fraction of sp³-hybridized carbons (Fsp3) is 0.750. The van der Waals surface area contributed by atoms with Crippen LogP contribution in [-0.4, -0.2) is 23.4 Å². The van der Waals surface area contributed by atoms with Crippen molar-refractivity contribution in [3.63, 3.8) is 0 Å². The maximum atomic E-state index is 10.3. The maximum Gasteiger partial charge on any atom is 0.0451 e. The molecule has 0 fully saturated rings. The van der Waals surface area contributed by atoms with Gasteiger partial charge in [-0.3, -0.25) is 0 Å². The van der Waals surface area contributed by atoms with Crippen LogP contribution in [0.2, 0.25) is 0 Å². The molecule has 0 rings (SSSR count). The Morgan fingerprint density at radius 1 is 1.00 bits per heavy atom. The average Bonchev–Trinajstić information content (AvgIpc) is 2.11. The Kier molecular flexibility index (Phi) is 6.82. The molecule has 82 valence electrons. The Morgan fingerprint density at radius 3 is 1.50 bits per heavy atom. The molecule has 0 aromatic rings. The Balaban J connectivity index is 3.47. The highest BCUT2D eigenvalue weighted by atomic mass is 33.1. The van der Waals surface area contributed by atoms with Crippen molar-refractivity contribution in [1.82, 2.24) is 0 Å². The third kappa shape index (κ3) is 6.15. The van der Waals surface area contributed by atoms with Crippen LogP contribution in [0.5, 0.6) is 0 Å². The van der Waals surface area contributed by atoms with Gasteiger partial charge in [0.1, 0.15) is 0 Å². The molecule has 0 bridgehead atoms. The minimum Gasteiger partial charge on any atom is -0.550 e. The van der Waals surface area contributed by atoms with Crippen LogP contribution in [0.25, 0.3) is 0 Å². The molecular formula is C8H12O4S2-2. The molecule has 0 aliphatic rings. The van der Waals surface area contributed by atoms with Crippen LogP contribution in [0.4, 0.5) is 0 Å². The molecule has 14 heavy (non-hydrogen) atoms. The van der Waals surface area contributed by atoms with Gasteiger partial charge >= 0.3 is 0 Å². The van der Waals surface area contributed by atoms with Crippen LogP contribution >= 0.6 is 21.6 Å². The van der Waals surface area contributed by atoms with Gasteiger partial charge in [0, 0.05) is 35.3 Å². The summed E-state index contributed by atoms with van der Waals surface area (Å²) < 4.78 is 0. The van der Waals surface area contributed by atoms with Gasteiger partial charge in [0.2, 0.25) is 0 Å². The molecule has 2 atom stereocenters. The molecular weight excluding hydrogens is 224 g/mol. The molecule has 0 aliphatic heterocycles. The number of carbonyl (C=O) groups excluding carboxylic acids is 2. The van der Waals surface area contributed by atoms with Crippen molar-refractivity contribution in [3.05, 3.63) is 0 Å². The summed E-state index contributed by atoms with van der Waals surface area (Å²) in [6.45, 7) is 3.12. The average molecular weight is 236 g/mol. The van der Waals surface area contributed by atoms with E-state index in [4.69, 9.17) is 0 Å². The minimum absolute atomic E-state index is 0.423. The first-order chi connectivity index (χ1) is 6.45. The van der Waals surface area contributed by atoms with E-state index >= 15 is 0 Å². The summed E-state index contributed by atoms with van der Waals surface area (Å²) in [6, 6.07) is 0. The van der Waals surface area contributed by atoms with E-state index < -0.39 is 23.8 Å². The van der Waals surface area contributed by atoms with Crippen LogP contribution in [0.15, 0.2) is 0 Å². The first-order valence-corrected chi connectivity index (χ1v) is 6.60. The topological polar surface area (TPSA) is 80.3 Å². The Bertz CT molecular complexity index is 186. The Hall–Kier alpha value is -0.360. The van der Waals surface area contributed by atoms with Gasteiger partial charge in [0.15, 0.2) is 0 Å². The summed E-state index contributed by atoms with van der Waals surface area (Å²) in [6.07, 6.45) is 0. The maximum absolute atomic E-state index is 10.3. The zero-order chi connectivity index (χ0) is 11.1. The van der Waals surface area contributed by atoms with E-state index in [1.807, 2.05) is 0 Å². The number of carboxylic acids is 2. The van der Waals surface area contributed by atoms with E-state index in [0.717, 1.165) is 0 Å². The molecule has 0 saturated carbocycles. The number of hydrogen-bond donors (Lipinski definition) is 0. The van der Waals surface area contributed by atoms with Gasteiger partial charge in [0.25, 0.3) is 0 Å². The van der Waals surface area contributed by atoms with E-state index in [0.29, 0.717) is 11.5 Å². The van der Waals surface area contributed by atoms with Crippen molar-refractivity contribution >= 4 is 33.5 Å². The fourth-order valence-corrected chi connectivity index (χ4v) is 3.11. The summed E-state index contributed by atoms with van der Waals surface area (Å²) >= 11 is 0. The lowest BCUT2D eigenvalue weighted by molar-refractivity contribution is -0.311. The molecule has 0 spiro atoms. The molecule has 0 radical (unpaired) electrons. The van der Waals surface area contributed by atoms with Gasteiger partial charge in [-0.25, -0.2) is 0 Å². The zero-order valence-corrected chi connectivity index (χ0v) is 9.65. The normalized spacial score (nSPS) is 14.7. The Labute approximate surface area is 90.9 Å². The molecule has 0 N–H and O–H groups in total. The third-order valence-electron chi connectivity index (χ3n) is 1.52. The smallest absolute Gasteiger partial charge is 0.0451 e. The first-order valence-electron chi connectivity index (χ1n) is 4.11. The van der Waals surface area contributed by atoms with E-state index in [1.54, 1.807) is 13.8 Å². The molecule has 0 aliphatic carbocycles. The van der Waals surface area contributed by atoms with E-state index in [-0.39, 0.29) is 0 Å². The molecule has 0 aromatic heterocycles. The SMILES string of the molecule is C[C@H](CSSC[C@@H](C)C(=O)[O-])C(=O)[O-]. The Morgan fingerprint density at radius 2 is 1.29 bits per heavy atom. The first kappa shape index (κ1) is 13.6. The van der Waals surface area contributed by atoms with Crippen LogP contribution in [-0.2, 0) is 9.59 Å². The van der Waals surface area contributed by atoms with Gasteiger partial charge < -0.3 is 19.8 Å². The van der Waals surface area contributed by atoms with Gasteiger partial charge in [-0.15, -0.1) is 0 Å². The van der Waals surface area contributed by atoms with E-state index in [9.17, 15) is 19.8 Å². The fourth-order valence-electron chi connectivity index (χ4n) is 0.436. The minimum atomic E-state index is -1.08. The lowest BCUT2D eigenvalue weighted by Gasteiger charge is -2.13. The van der Waals surface area contributed by atoms with Gasteiger partial charge in [-0.1, -0.05) is 35.4 Å². The highest BCUT2D eigenvalue weighted by Crippen LogP contribution is 2.25. The van der Waals surface area contributed by atoms with Gasteiger partial charge in [0.05, 0.1) is 0 Å². The van der Waals surface area contributed by atoms with Crippen LogP contribution in [0.3, 0.4) is 0 Å². The highest BCUT2D eigenvalue weighted by molar-refractivity contribution is 8.76. The predicted octanol–water partition coefficient (Wildman–Crippen LogP) is -0.860. The number of hydrogen-bond acceptors (Lipinski definition) is 6. The lowest BCUT2D eigenvalue weighted by Crippen LogP contribution is -2.31. The van der Waals surface area contributed by atoms with Crippen LogP contribution in [0.1, 0.15) is 13.8 Å². The summed E-state index contributed by atoms with van der Waals surface area (Å²) in [7, 11) is 2.68. The zero-order valence-electron chi connectivity index (χ0n) is 8.02. The summed E-state index contributed by atoms with van der Waals surface area (Å²) in [5, 5.41) is 20.6. The molecule has 0 amide bonds. The molecule has 0 aromatic carbocycles. The van der Waals surface area contributed by atoms with Crippen molar-refractivity contribution in [2.45, 2.75) is 13.8 Å². The second-order valence-corrected chi connectivity index (χ2v) is 5.56. The van der Waals surface area contributed by atoms with Crippen molar-refractivity contribution in [2.24, 2.45) is 11.8 Å². The van der Waals surface area contributed by atoms with Gasteiger partial charge in [-0.2, -0.15) is 0 Å².